The number of carbonyl (C=O) groups excluding carboxylic acids is 2. The van der Waals surface area contributed by atoms with E-state index in [0.717, 1.165) is 6.42 Å². The molecule has 0 saturated heterocycles. The number of methoxy groups -OCH3 is 1. The van der Waals surface area contributed by atoms with Gasteiger partial charge in [-0.05, 0) is 26.2 Å². The summed E-state index contributed by atoms with van der Waals surface area (Å²) in [5.41, 5.74) is 0. The van der Waals surface area contributed by atoms with Gasteiger partial charge in [-0.2, -0.15) is 0 Å². The Morgan fingerprint density at radius 2 is 1.95 bits per heavy atom. The summed E-state index contributed by atoms with van der Waals surface area (Å²) in [7, 11) is 1.54. The predicted molar refractivity (Wildman–Crippen MR) is 75.6 cm³/mol. The highest BCUT2D eigenvalue weighted by Crippen LogP contribution is 2.29. The van der Waals surface area contributed by atoms with Crippen molar-refractivity contribution in [2.24, 2.45) is 11.8 Å². The molecule has 2 amide bonds. The SMILES string of the molecule is COCCNC(=O)C(C)NC(=O)C1CCCC(C(=O)O)C1. The van der Waals surface area contributed by atoms with Crippen LogP contribution >= 0.6 is 0 Å². The Kier molecular flexibility index (Phi) is 7.14. The average Bonchev–Trinajstić information content (AvgIpc) is 2.47. The van der Waals surface area contributed by atoms with E-state index in [2.05, 4.69) is 10.6 Å². The summed E-state index contributed by atoms with van der Waals surface area (Å²) in [6.07, 6.45) is 2.36. The van der Waals surface area contributed by atoms with Crippen molar-refractivity contribution in [3.8, 4) is 0 Å². The Bertz CT molecular complexity index is 386. The Hall–Kier alpha value is -1.63. The van der Waals surface area contributed by atoms with Crippen LogP contribution < -0.4 is 10.6 Å². The summed E-state index contributed by atoms with van der Waals surface area (Å²) < 4.78 is 4.82. The number of carbonyl (C=O) groups is 3. The Morgan fingerprint density at radius 1 is 1.29 bits per heavy atom. The van der Waals surface area contributed by atoms with Gasteiger partial charge in [0.1, 0.15) is 6.04 Å². The molecule has 1 aliphatic rings. The first-order chi connectivity index (χ1) is 9.95. The number of amides is 2. The quantitative estimate of drug-likeness (QED) is 0.580. The first-order valence-electron chi connectivity index (χ1n) is 7.25. The summed E-state index contributed by atoms with van der Waals surface area (Å²) >= 11 is 0. The van der Waals surface area contributed by atoms with Crippen molar-refractivity contribution in [2.75, 3.05) is 20.3 Å². The summed E-state index contributed by atoms with van der Waals surface area (Å²) in [5.74, 6) is -2.14. The van der Waals surface area contributed by atoms with Crippen molar-refractivity contribution in [2.45, 2.75) is 38.6 Å². The normalized spacial score (nSPS) is 23.1. The van der Waals surface area contributed by atoms with Crippen molar-refractivity contribution in [1.82, 2.24) is 10.6 Å². The molecule has 0 aromatic rings. The van der Waals surface area contributed by atoms with Crippen LogP contribution in [0.1, 0.15) is 32.6 Å². The molecule has 7 nitrogen and oxygen atoms in total. The van der Waals surface area contributed by atoms with Gasteiger partial charge in [-0.15, -0.1) is 0 Å². The van der Waals surface area contributed by atoms with Gasteiger partial charge in [0.2, 0.25) is 11.8 Å². The van der Waals surface area contributed by atoms with Crippen LogP contribution in [-0.4, -0.2) is 49.2 Å². The molecule has 0 aromatic heterocycles. The summed E-state index contributed by atoms with van der Waals surface area (Å²) in [6, 6.07) is -0.639. The number of rotatable bonds is 7. The van der Waals surface area contributed by atoms with Crippen molar-refractivity contribution in [1.29, 1.82) is 0 Å². The number of carboxylic acid groups (broad SMARTS) is 1. The predicted octanol–water partition coefficient (Wildman–Crippen LogP) is 0.145. The van der Waals surface area contributed by atoms with E-state index in [1.165, 1.54) is 0 Å². The van der Waals surface area contributed by atoms with Crippen molar-refractivity contribution in [3.05, 3.63) is 0 Å². The largest absolute Gasteiger partial charge is 0.481 e. The molecule has 0 aromatic carbocycles. The third kappa shape index (κ3) is 5.71. The van der Waals surface area contributed by atoms with E-state index in [-0.39, 0.29) is 17.7 Å². The fourth-order valence-electron chi connectivity index (χ4n) is 2.48. The highest BCUT2D eigenvalue weighted by molar-refractivity contribution is 5.88. The lowest BCUT2D eigenvalue weighted by Gasteiger charge is -2.26. The average molecular weight is 300 g/mol. The molecule has 3 atom stereocenters. The maximum Gasteiger partial charge on any atom is 0.306 e. The Morgan fingerprint density at radius 3 is 2.57 bits per heavy atom. The van der Waals surface area contributed by atoms with Crippen molar-refractivity contribution < 1.29 is 24.2 Å². The lowest BCUT2D eigenvalue weighted by Crippen LogP contribution is -2.48. The smallest absolute Gasteiger partial charge is 0.306 e. The van der Waals surface area contributed by atoms with Crippen LogP contribution in [0.25, 0.3) is 0 Å². The van der Waals surface area contributed by atoms with E-state index in [4.69, 9.17) is 9.84 Å². The lowest BCUT2D eigenvalue weighted by molar-refractivity contribution is -0.144. The van der Waals surface area contributed by atoms with Gasteiger partial charge in [-0.25, -0.2) is 0 Å². The maximum atomic E-state index is 12.1. The number of nitrogens with one attached hydrogen (secondary N) is 2. The zero-order valence-corrected chi connectivity index (χ0v) is 12.6. The molecule has 3 unspecified atom stereocenters. The standard InChI is InChI=1S/C14H24N2O5/c1-9(12(17)15-6-7-21-2)16-13(18)10-4-3-5-11(8-10)14(19)20/h9-11H,3-8H2,1-2H3,(H,15,17)(H,16,18)(H,19,20). The van der Waals surface area contributed by atoms with E-state index < -0.39 is 17.9 Å². The third-order valence-electron chi connectivity index (χ3n) is 3.75. The third-order valence-corrected chi connectivity index (χ3v) is 3.75. The lowest BCUT2D eigenvalue weighted by atomic mass is 9.81. The molecule has 1 fully saturated rings. The summed E-state index contributed by atoms with van der Waals surface area (Å²) in [6.45, 7) is 2.41. The molecule has 0 radical (unpaired) electrons. The molecule has 120 valence electrons. The molecule has 0 aliphatic heterocycles. The van der Waals surface area contributed by atoms with Gasteiger partial charge in [-0.1, -0.05) is 6.42 Å². The summed E-state index contributed by atoms with van der Waals surface area (Å²) in [4.78, 5) is 34.8. The second-order valence-electron chi connectivity index (χ2n) is 5.41. The van der Waals surface area contributed by atoms with E-state index in [1.54, 1.807) is 14.0 Å². The second kappa shape index (κ2) is 8.61. The molecule has 0 heterocycles. The van der Waals surface area contributed by atoms with E-state index in [1.807, 2.05) is 0 Å². The molecule has 0 spiro atoms. The van der Waals surface area contributed by atoms with Crippen LogP contribution in [0, 0.1) is 11.8 Å². The second-order valence-corrected chi connectivity index (χ2v) is 5.41. The van der Waals surface area contributed by atoms with Gasteiger partial charge in [0.25, 0.3) is 0 Å². The fourth-order valence-corrected chi connectivity index (χ4v) is 2.48. The van der Waals surface area contributed by atoms with Gasteiger partial charge in [0.15, 0.2) is 0 Å². The minimum Gasteiger partial charge on any atom is -0.481 e. The zero-order chi connectivity index (χ0) is 15.8. The summed E-state index contributed by atoms with van der Waals surface area (Å²) in [5, 5.41) is 14.3. The number of carboxylic acids is 1. The van der Waals surface area contributed by atoms with E-state index in [0.29, 0.717) is 32.4 Å². The van der Waals surface area contributed by atoms with Gasteiger partial charge >= 0.3 is 5.97 Å². The van der Waals surface area contributed by atoms with Crippen LogP contribution in [0.4, 0.5) is 0 Å². The minimum atomic E-state index is -0.849. The van der Waals surface area contributed by atoms with E-state index >= 15 is 0 Å². The fraction of sp³-hybridized carbons (Fsp3) is 0.786. The first-order valence-corrected chi connectivity index (χ1v) is 7.25. The van der Waals surface area contributed by atoms with E-state index in [9.17, 15) is 14.4 Å². The minimum absolute atomic E-state index is 0.240. The van der Waals surface area contributed by atoms with Gasteiger partial charge in [0, 0.05) is 19.6 Å². The molecule has 1 saturated carbocycles. The number of hydrogen-bond acceptors (Lipinski definition) is 4. The monoisotopic (exact) mass is 300 g/mol. The van der Waals surface area contributed by atoms with Crippen LogP contribution in [0.3, 0.4) is 0 Å². The molecule has 1 aliphatic carbocycles. The van der Waals surface area contributed by atoms with Crippen LogP contribution in [0.15, 0.2) is 0 Å². The maximum absolute atomic E-state index is 12.1. The van der Waals surface area contributed by atoms with Gasteiger partial charge in [-0.3, -0.25) is 14.4 Å². The molecular formula is C14H24N2O5. The Balaban J connectivity index is 2.41. The van der Waals surface area contributed by atoms with Crippen LogP contribution in [-0.2, 0) is 19.1 Å². The molecular weight excluding hydrogens is 276 g/mol. The number of hydrogen-bond donors (Lipinski definition) is 3. The van der Waals surface area contributed by atoms with Crippen molar-refractivity contribution >= 4 is 17.8 Å². The number of ether oxygens (including phenoxy) is 1. The highest BCUT2D eigenvalue weighted by atomic mass is 16.5. The first kappa shape index (κ1) is 17.4. The van der Waals surface area contributed by atoms with Crippen LogP contribution in [0.5, 0.6) is 0 Å². The van der Waals surface area contributed by atoms with Crippen molar-refractivity contribution in [3.63, 3.8) is 0 Å². The zero-order valence-electron chi connectivity index (χ0n) is 12.6. The van der Waals surface area contributed by atoms with Crippen LogP contribution in [0.2, 0.25) is 0 Å². The molecule has 3 N–H and O–H groups in total. The Labute approximate surface area is 124 Å². The van der Waals surface area contributed by atoms with Gasteiger partial charge in [0.05, 0.1) is 12.5 Å². The molecule has 21 heavy (non-hydrogen) atoms. The van der Waals surface area contributed by atoms with Gasteiger partial charge < -0.3 is 20.5 Å². The molecule has 1 rings (SSSR count). The molecule has 7 heteroatoms. The topological polar surface area (TPSA) is 105 Å². The number of aliphatic carboxylic acids is 1. The highest BCUT2D eigenvalue weighted by Gasteiger charge is 2.32. The molecule has 0 bridgehead atoms.